The molecule has 0 saturated heterocycles. The van der Waals surface area contributed by atoms with Crippen LogP contribution in [0.1, 0.15) is 19.4 Å². The van der Waals surface area contributed by atoms with Crippen LogP contribution in [-0.4, -0.2) is 30.7 Å². The lowest BCUT2D eigenvalue weighted by Crippen LogP contribution is -2.15. The minimum atomic E-state index is -3.17. The largest absolute Gasteiger partial charge is 0.494 e. The van der Waals surface area contributed by atoms with E-state index in [0.717, 1.165) is 22.3 Å². The topological polar surface area (TPSA) is 93.2 Å². The molecular formula is C25H25ClN4O3S. The molecule has 9 heteroatoms. The van der Waals surface area contributed by atoms with Gasteiger partial charge in [0.25, 0.3) is 0 Å². The molecule has 1 heterocycles. The van der Waals surface area contributed by atoms with Crippen molar-refractivity contribution in [1.82, 2.24) is 9.97 Å². The number of hydrogen-bond acceptors (Lipinski definition) is 7. The average Bonchev–Trinajstić information content (AvgIpc) is 2.81. The minimum absolute atomic E-state index is 0.00375. The number of rotatable bonds is 8. The van der Waals surface area contributed by atoms with Gasteiger partial charge in [-0.3, -0.25) is 0 Å². The fraction of sp³-hybridized carbons (Fsp3) is 0.200. The summed E-state index contributed by atoms with van der Waals surface area (Å²) in [4.78, 5) is 9.34. The Kier molecular flexibility index (Phi) is 6.90. The molecule has 34 heavy (non-hydrogen) atoms. The molecule has 1 aromatic heterocycles. The highest BCUT2D eigenvalue weighted by molar-refractivity contribution is 7.91. The van der Waals surface area contributed by atoms with Crippen molar-refractivity contribution in [2.75, 3.05) is 17.7 Å². The number of benzene rings is 3. The molecule has 7 nitrogen and oxygen atoms in total. The van der Waals surface area contributed by atoms with Crippen molar-refractivity contribution < 1.29 is 13.2 Å². The Morgan fingerprint density at radius 2 is 1.56 bits per heavy atom. The Bertz CT molecular complexity index is 1410. The summed E-state index contributed by atoms with van der Waals surface area (Å²) in [6, 6.07) is 20.2. The Hall–Kier alpha value is -3.36. The third-order valence-electron chi connectivity index (χ3n) is 5.31. The molecule has 0 aliphatic heterocycles. The third kappa shape index (κ3) is 5.40. The number of methoxy groups -OCH3 is 1. The zero-order chi connectivity index (χ0) is 24.3. The summed E-state index contributed by atoms with van der Waals surface area (Å²) in [5.41, 5.74) is 2.94. The Morgan fingerprint density at radius 3 is 2.21 bits per heavy atom. The first-order valence-corrected chi connectivity index (χ1v) is 12.8. The molecule has 2 N–H and O–H groups in total. The van der Waals surface area contributed by atoms with E-state index in [1.165, 1.54) is 0 Å². The van der Waals surface area contributed by atoms with E-state index in [2.05, 4.69) is 20.6 Å². The molecule has 0 bridgehead atoms. The highest BCUT2D eigenvalue weighted by Gasteiger charge is 2.17. The summed E-state index contributed by atoms with van der Waals surface area (Å²) < 4.78 is 29.9. The molecule has 0 radical (unpaired) electrons. The molecule has 176 valence electrons. The minimum Gasteiger partial charge on any atom is -0.494 e. The lowest BCUT2D eigenvalue weighted by Gasteiger charge is -2.14. The second-order valence-corrected chi connectivity index (χ2v) is 11.1. The first-order chi connectivity index (χ1) is 16.2. The summed E-state index contributed by atoms with van der Waals surface area (Å²) in [6.45, 7) is 3.37. The Balaban J connectivity index is 1.66. The van der Waals surface area contributed by atoms with Crippen molar-refractivity contribution in [3.8, 4) is 5.75 Å². The number of anilines is 4. The maximum atomic E-state index is 12.2. The Morgan fingerprint density at radius 1 is 0.912 bits per heavy atom. The van der Waals surface area contributed by atoms with E-state index >= 15 is 0 Å². The van der Waals surface area contributed by atoms with Gasteiger partial charge in [0, 0.05) is 21.8 Å². The van der Waals surface area contributed by atoms with Gasteiger partial charge in [-0.15, -0.1) is 0 Å². The molecule has 0 aliphatic carbocycles. The van der Waals surface area contributed by atoms with Gasteiger partial charge in [0.1, 0.15) is 17.1 Å². The molecular weight excluding hydrogens is 472 g/mol. The van der Waals surface area contributed by atoms with E-state index in [0.29, 0.717) is 28.1 Å². The van der Waals surface area contributed by atoms with Crippen molar-refractivity contribution in [3.05, 3.63) is 77.3 Å². The van der Waals surface area contributed by atoms with Crippen LogP contribution in [0.15, 0.2) is 66.7 Å². The van der Waals surface area contributed by atoms with E-state index in [-0.39, 0.29) is 5.75 Å². The smallest absolute Gasteiger partial charge is 0.229 e. The standard InChI is InChI=1S/C25H25ClN4O3S/c1-16(2)34(31,32)15-17-7-11-20(12-8-17)28-25-29-23-21(5-4-6-22(23)33-3)24(30-25)27-19-13-9-18(26)10-14-19/h4-14,16H,15H2,1-3H3,(H2,27,28,29,30). The molecule has 0 unspecified atom stereocenters. The van der Waals surface area contributed by atoms with E-state index in [1.54, 1.807) is 45.2 Å². The lowest BCUT2D eigenvalue weighted by atomic mass is 10.2. The van der Waals surface area contributed by atoms with Gasteiger partial charge in [-0.1, -0.05) is 29.8 Å². The molecule has 0 spiro atoms. The molecule has 3 aromatic carbocycles. The fourth-order valence-electron chi connectivity index (χ4n) is 3.32. The van der Waals surface area contributed by atoms with Crippen LogP contribution in [0.3, 0.4) is 0 Å². The summed E-state index contributed by atoms with van der Waals surface area (Å²) >= 11 is 6.01. The zero-order valence-corrected chi connectivity index (χ0v) is 20.6. The van der Waals surface area contributed by atoms with Gasteiger partial charge in [-0.25, -0.2) is 13.4 Å². The number of aromatic nitrogens is 2. The summed E-state index contributed by atoms with van der Waals surface area (Å²) in [5.74, 6) is 1.60. The number of ether oxygens (including phenoxy) is 1. The molecule has 0 saturated carbocycles. The molecule has 0 fully saturated rings. The van der Waals surface area contributed by atoms with E-state index < -0.39 is 15.1 Å². The fourth-order valence-corrected chi connectivity index (χ4v) is 4.44. The number of hydrogen-bond donors (Lipinski definition) is 2. The maximum absolute atomic E-state index is 12.2. The summed E-state index contributed by atoms with van der Waals surface area (Å²) in [7, 11) is -1.57. The summed E-state index contributed by atoms with van der Waals surface area (Å²) in [5, 5.41) is 7.56. The molecule has 0 amide bonds. The van der Waals surface area contributed by atoms with Crippen LogP contribution in [0.5, 0.6) is 5.75 Å². The Labute approximate surface area is 204 Å². The first-order valence-electron chi connectivity index (χ1n) is 10.7. The van der Waals surface area contributed by atoms with Gasteiger partial charge in [-0.05, 0) is 67.9 Å². The second kappa shape index (κ2) is 9.87. The van der Waals surface area contributed by atoms with Crippen molar-refractivity contribution in [1.29, 1.82) is 0 Å². The maximum Gasteiger partial charge on any atom is 0.229 e. The third-order valence-corrected chi connectivity index (χ3v) is 7.74. The van der Waals surface area contributed by atoms with E-state index in [1.807, 2.05) is 42.5 Å². The van der Waals surface area contributed by atoms with Crippen LogP contribution < -0.4 is 15.4 Å². The van der Waals surface area contributed by atoms with Gasteiger partial charge in [0.15, 0.2) is 9.84 Å². The van der Waals surface area contributed by atoms with Crippen molar-refractivity contribution >= 4 is 55.5 Å². The van der Waals surface area contributed by atoms with Crippen LogP contribution in [0, 0.1) is 0 Å². The van der Waals surface area contributed by atoms with Gasteiger partial charge < -0.3 is 15.4 Å². The predicted octanol–water partition coefficient (Wildman–Crippen LogP) is 6.10. The van der Waals surface area contributed by atoms with Crippen LogP contribution >= 0.6 is 11.6 Å². The van der Waals surface area contributed by atoms with Crippen LogP contribution in [0.4, 0.5) is 23.1 Å². The molecule has 4 rings (SSSR count). The van der Waals surface area contributed by atoms with Crippen LogP contribution in [-0.2, 0) is 15.6 Å². The second-order valence-electron chi connectivity index (χ2n) is 8.06. The monoisotopic (exact) mass is 496 g/mol. The lowest BCUT2D eigenvalue weighted by molar-refractivity contribution is 0.419. The van der Waals surface area contributed by atoms with Gasteiger partial charge in [0.2, 0.25) is 5.95 Å². The van der Waals surface area contributed by atoms with E-state index in [9.17, 15) is 8.42 Å². The number of halogens is 1. The van der Waals surface area contributed by atoms with Gasteiger partial charge >= 0.3 is 0 Å². The van der Waals surface area contributed by atoms with E-state index in [4.69, 9.17) is 16.3 Å². The SMILES string of the molecule is COc1cccc2c(Nc3ccc(Cl)cc3)nc(Nc3ccc(CS(=O)(=O)C(C)C)cc3)nc12. The first kappa shape index (κ1) is 23.8. The highest BCUT2D eigenvalue weighted by Crippen LogP contribution is 2.32. The van der Waals surface area contributed by atoms with Crippen LogP contribution in [0.25, 0.3) is 10.9 Å². The molecule has 0 aliphatic rings. The van der Waals surface area contributed by atoms with Crippen molar-refractivity contribution in [2.45, 2.75) is 24.9 Å². The zero-order valence-electron chi connectivity index (χ0n) is 19.0. The quantitative estimate of drug-likeness (QED) is 0.304. The number of fused-ring (bicyclic) bond motifs is 1. The number of nitrogens with one attached hydrogen (secondary N) is 2. The average molecular weight is 497 g/mol. The van der Waals surface area contributed by atoms with Crippen LogP contribution in [0.2, 0.25) is 5.02 Å². The van der Waals surface area contributed by atoms with Gasteiger partial charge in [0.05, 0.1) is 18.1 Å². The van der Waals surface area contributed by atoms with Gasteiger partial charge in [-0.2, -0.15) is 4.98 Å². The number of sulfone groups is 1. The number of para-hydroxylation sites is 1. The van der Waals surface area contributed by atoms with Crippen molar-refractivity contribution in [2.24, 2.45) is 0 Å². The predicted molar refractivity (Wildman–Crippen MR) is 138 cm³/mol. The number of nitrogens with zero attached hydrogens (tertiary/aromatic N) is 2. The van der Waals surface area contributed by atoms with Crippen molar-refractivity contribution in [3.63, 3.8) is 0 Å². The highest BCUT2D eigenvalue weighted by atomic mass is 35.5. The normalized spacial score (nSPS) is 11.6. The molecule has 4 aromatic rings. The molecule has 0 atom stereocenters. The summed E-state index contributed by atoms with van der Waals surface area (Å²) in [6.07, 6.45) is 0.